The molecule has 1 unspecified atom stereocenters. The van der Waals surface area contributed by atoms with Crippen molar-refractivity contribution in [3.63, 3.8) is 0 Å². The average Bonchev–Trinajstić information content (AvgIpc) is 2.43. The van der Waals surface area contributed by atoms with Crippen LogP contribution in [0.3, 0.4) is 0 Å². The second kappa shape index (κ2) is 7.50. The van der Waals surface area contributed by atoms with Crippen molar-refractivity contribution in [2.75, 3.05) is 0 Å². The molecule has 1 heteroatoms. The summed E-state index contributed by atoms with van der Waals surface area (Å²) in [7, 11) is 0. The number of hydrogen-bond donors (Lipinski definition) is 0. The second-order valence-corrected chi connectivity index (χ2v) is 4.52. The van der Waals surface area contributed by atoms with Gasteiger partial charge in [-0.15, -0.1) is 6.58 Å². The summed E-state index contributed by atoms with van der Waals surface area (Å²) in [5.41, 5.74) is 0.612. The Labute approximate surface area is 110 Å². The van der Waals surface area contributed by atoms with Crippen LogP contribution in [-0.2, 0) is 5.41 Å². The number of unbranched alkanes of at least 4 members (excludes halogenated alkanes) is 1. The van der Waals surface area contributed by atoms with E-state index in [0.29, 0.717) is 6.42 Å². The Morgan fingerprint density at radius 3 is 2.50 bits per heavy atom. The molecule has 1 rings (SSSR count). The summed E-state index contributed by atoms with van der Waals surface area (Å²) in [4.78, 5) is 0. The molecule has 1 atom stereocenters. The van der Waals surface area contributed by atoms with Gasteiger partial charge in [-0.1, -0.05) is 61.9 Å². The molecule has 0 spiro atoms. The molecule has 0 aliphatic carbocycles. The largest absolute Gasteiger partial charge is 0.197 e. The number of hydrogen-bond acceptors (Lipinski definition) is 1. The Hall–Kier alpha value is -1.81. The molecule has 94 valence electrons. The molecule has 1 aromatic carbocycles. The van der Waals surface area contributed by atoms with E-state index in [9.17, 15) is 5.26 Å². The lowest BCUT2D eigenvalue weighted by atomic mass is 9.76. The van der Waals surface area contributed by atoms with Gasteiger partial charge in [-0.25, -0.2) is 0 Å². The first kappa shape index (κ1) is 14.3. The maximum atomic E-state index is 9.59. The zero-order valence-corrected chi connectivity index (χ0v) is 11.1. The fourth-order valence-corrected chi connectivity index (χ4v) is 2.05. The molecule has 0 saturated heterocycles. The van der Waals surface area contributed by atoms with Gasteiger partial charge < -0.3 is 0 Å². The quantitative estimate of drug-likeness (QED) is 0.629. The van der Waals surface area contributed by atoms with Crippen LogP contribution in [0.15, 0.2) is 55.1 Å². The van der Waals surface area contributed by atoms with Gasteiger partial charge in [-0.05, 0) is 24.8 Å². The maximum absolute atomic E-state index is 9.59. The molecular weight excluding hydrogens is 218 g/mol. The van der Waals surface area contributed by atoms with Crippen LogP contribution in [0.2, 0.25) is 0 Å². The zero-order valence-electron chi connectivity index (χ0n) is 11.1. The normalized spacial score (nSPS) is 14.0. The van der Waals surface area contributed by atoms with E-state index in [0.717, 1.165) is 24.8 Å². The first-order chi connectivity index (χ1) is 8.79. The second-order valence-electron chi connectivity index (χ2n) is 4.52. The van der Waals surface area contributed by atoms with Gasteiger partial charge in [0.05, 0.1) is 11.5 Å². The van der Waals surface area contributed by atoms with E-state index in [4.69, 9.17) is 0 Å². The number of allylic oxidation sites excluding steroid dienone is 3. The summed E-state index contributed by atoms with van der Waals surface area (Å²) in [6.45, 7) is 5.94. The molecule has 0 N–H and O–H groups in total. The van der Waals surface area contributed by atoms with Crippen molar-refractivity contribution < 1.29 is 0 Å². The minimum absolute atomic E-state index is 0.465. The number of benzene rings is 1. The SMILES string of the molecule is C=CCC(C#N)(C/C=C/CCC)c1ccccc1. The van der Waals surface area contributed by atoms with Gasteiger partial charge in [0.25, 0.3) is 0 Å². The Morgan fingerprint density at radius 1 is 1.22 bits per heavy atom. The average molecular weight is 239 g/mol. The summed E-state index contributed by atoms with van der Waals surface area (Å²) >= 11 is 0. The summed E-state index contributed by atoms with van der Waals surface area (Å²) in [6, 6.07) is 12.5. The van der Waals surface area contributed by atoms with Crippen molar-refractivity contribution in [2.45, 2.75) is 38.0 Å². The molecule has 0 aliphatic rings. The molecule has 18 heavy (non-hydrogen) atoms. The molecule has 0 fully saturated rings. The summed E-state index contributed by atoms with van der Waals surface area (Å²) in [5.74, 6) is 0. The van der Waals surface area contributed by atoms with E-state index in [1.165, 1.54) is 0 Å². The number of rotatable bonds is 7. The molecule has 0 radical (unpaired) electrons. The van der Waals surface area contributed by atoms with E-state index in [1.54, 1.807) is 0 Å². The Kier molecular flexibility index (Phi) is 5.94. The van der Waals surface area contributed by atoms with Gasteiger partial charge >= 0.3 is 0 Å². The lowest BCUT2D eigenvalue weighted by Gasteiger charge is -2.24. The summed E-state index contributed by atoms with van der Waals surface area (Å²) < 4.78 is 0. The predicted octanol–water partition coefficient (Wildman–Crippen LogP) is 4.77. The molecule has 0 heterocycles. The molecule has 0 bridgehead atoms. The van der Waals surface area contributed by atoms with Gasteiger partial charge in [0, 0.05) is 0 Å². The monoisotopic (exact) mass is 239 g/mol. The van der Waals surface area contributed by atoms with Gasteiger partial charge in [0.1, 0.15) is 0 Å². The molecule has 0 saturated carbocycles. The van der Waals surface area contributed by atoms with Gasteiger partial charge in [-0.3, -0.25) is 0 Å². The third kappa shape index (κ3) is 3.60. The predicted molar refractivity (Wildman–Crippen MR) is 77.2 cm³/mol. The van der Waals surface area contributed by atoms with E-state index in [1.807, 2.05) is 36.4 Å². The highest BCUT2D eigenvalue weighted by molar-refractivity contribution is 5.34. The fourth-order valence-electron chi connectivity index (χ4n) is 2.05. The van der Waals surface area contributed by atoms with Gasteiger partial charge in [-0.2, -0.15) is 5.26 Å². The van der Waals surface area contributed by atoms with E-state index in [-0.39, 0.29) is 0 Å². The van der Waals surface area contributed by atoms with Crippen molar-refractivity contribution in [3.8, 4) is 6.07 Å². The minimum Gasteiger partial charge on any atom is -0.197 e. The highest BCUT2D eigenvalue weighted by atomic mass is 14.4. The van der Waals surface area contributed by atoms with Crippen molar-refractivity contribution in [1.29, 1.82) is 5.26 Å². The third-order valence-corrected chi connectivity index (χ3v) is 3.12. The molecule has 0 amide bonds. The molecule has 0 aliphatic heterocycles. The van der Waals surface area contributed by atoms with Crippen molar-refractivity contribution in [1.82, 2.24) is 0 Å². The minimum atomic E-state index is -0.465. The van der Waals surface area contributed by atoms with Gasteiger partial charge in [0.15, 0.2) is 0 Å². The highest BCUT2D eigenvalue weighted by Crippen LogP contribution is 2.32. The van der Waals surface area contributed by atoms with Crippen molar-refractivity contribution in [3.05, 3.63) is 60.7 Å². The van der Waals surface area contributed by atoms with Crippen LogP contribution in [0.4, 0.5) is 0 Å². The molecule has 1 aromatic rings. The van der Waals surface area contributed by atoms with Crippen LogP contribution in [0, 0.1) is 11.3 Å². The summed E-state index contributed by atoms with van der Waals surface area (Å²) in [6.07, 6.45) is 9.78. The Bertz CT molecular complexity index is 425. The molecular formula is C17H21N. The Morgan fingerprint density at radius 2 is 1.94 bits per heavy atom. The maximum Gasteiger partial charge on any atom is 0.0890 e. The van der Waals surface area contributed by atoms with Crippen LogP contribution >= 0.6 is 0 Å². The number of nitrogens with zero attached hydrogens (tertiary/aromatic N) is 1. The summed E-state index contributed by atoms with van der Waals surface area (Å²) in [5, 5.41) is 9.59. The van der Waals surface area contributed by atoms with Gasteiger partial charge in [0.2, 0.25) is 0 Å². The van der Waals surface area contributed by atoms with E-state index >= 15 is 0 Å². The molecule has 1 nitrogen and oxygen atoms in total. The third-order valence-electron chi connectivity index (χ3n) is 3.12. The fraction of sp³-hybridized carbons (Fsp3) is 0.353. The van der Waals surface area contributed by atoms with E-state index in [2.05, 4.69) is 31.7 Å². The van der Waals surface area contributed by atoms with Crippen molar-refractivity contribution >= 4 is 0 Å². The first-order valence-electron chi connectivity index (χ1n) is 6.51. The number of nitriles is 1. The van der Waals surface area contributed by atoms with Crippen LogP contribution in [0.25, 0.3) is 0 Å². The van der Waals surface area contributed by atoms with Crippen LogP contribution in [-0.4, -0.2) is 0 Å². The topological polar surface area (TPSA) is 23.8 Å². The zero-order chi connectivity index (χ0) is 13.3. The highest BCUT2D eigenvalue weighted by Gasteiger charge is 2.29. The molecule has 0 aromatic heterocycles. The smallest absolute Gasteiger partial charge is 0.0890 e. The van der Waals surface area contributed by atoms with E-state index < -0.39 is 5.41 Å². The van der Waals surface area contributed by atoms with Crippen LogP contribution < -0.4 is 0 Å². The first-order valence-corrected chi connectivity index (χ1v) is 6.51. The van der Waals surface area contributed by atoms with Crippen molar-refractivity contribution in [2.24, 2.45) is 0 Å². The lowest BCUT2D eigenvalue weighted by Crippen LogP contribution is -2.22. The Balaban J connectivity index is 2.95. The standard InChI is InChI=1S/C17H21N/c1-3-5-6-10-14-17(15-18,13-4-2)16-11-8-7-9-12-16/h4,6-12H,2-3,5,13-14H2,1H3/b10-6+. The van der Waals surface area contributed by atoms with Crippen LogP contribution in [0.1, 0.15) is 38.2 Å². The lowest BCUT2D eigenvalue weighted by molar-refractivity contribution is 0.564. The van der Waals surface area contributed by atoms with Crippen LogP contribution in [0.5, 0.6) is 0 Å².